The van der Waals surface area contributed by atoms with Crippen LogP contribution in [0.5, 0.6) is 0 Å². The second-order valence-corrected chi connectivity index (χ2v) is 7.01. The molecule has 0 aliphatic carbocycles. The Kier molecular flexibility index (Phi) is 5.58. The third-order valence-corrected chi connectivity index (χ3v) is 4.78. The van der Waals surface area contributed by atoms with Crippen molar-refractivity contribution in [3.8, 4) is 11.4 Å². The molecule has 0 saturated heterocycles. The van der Waals surface area contributed by atoms with Crippen LogP contribution in [0.3, 0.4) is 0 Å². The average Bonchev–Trinajstić information content (AvgIpc) is 2.78. The fraction of sp³-hybridized carbons (Fsp3) is 0.0909. The molecule has 0 radical (unpaired) electrons. The minimum atomic E-state index is -0.714. The number of rotatable bonds is 6. The molecule has 10 nitrogen and oxygen atoms in total. The Bertz CT molecular complexity index is 1380. The number of hydrogen-bond acceptors (Lipinski definition) is 6. The highest BCUT2D eigenvalue weighted by Gasteiger charge is 2.18. The van der Waals surface area contributed by atoms with E-state index in [2.05, 4.69) is 15.3 Å². The molecule has 10 heteroatoms. The third-order valence-electron chi connectivity index (χ3n) is 4.78. The molecule has 2 aliphatic heterocycles. The van der Waals surface area contributed by atoms with E-state index >= 15 is 0 Å². The predicted molar refractivity (Wildman–Crippen MR) is 116 cm³/mol. The normalized spacial score (nSPS) is 10.8. The van der Waals surface area contributed by atoms with Gasteiger partial charge in [0.05, 0.1) is 12.1 Å². The van der Waals surface area contributed by atoms with E-state index in [1.54, 1.807) is 55.0 Å². The van der Waals surface area contributed by atoms with Crippen LogP contribution in [0.4, 0.5) is 5.69 Å². The lowest BCUT2D eigenvalue weighted by Crippen LogP contribution is -2.38. The number of fused-ring (bicyclic) bond motifs is 1. The standard InChI is InChI=1S/C22H18N6O4/c23-19(30)15-5-7-16(8-6-15)25-18(29)13-27-10-2-4-17-20(27)26-22(32)28(21(17)31)12-14-3-1-9-24-11-14/h1-11H,12-13H2,(H2,23,30)(H,25,29). The quantitative estimate of drug-likeness (QED) is 0.461. The Morgan fingerprint density at radius 2 is 1.81 bits per heavy atom. The maximum atomic E-state index is 12.9. The van der Waals surface area contributed by atoms with Crippen molar-refractivity contribution in [2.24, 2.45) is 5.73 Å². The number of nitrogens with two attached hydrogens (primary N) is 1. The van der Waals surface area contributed by atoms with E-state index in [1.807, 2.05) is 0 Å². The molecule has 0 bridgehead atoms. The molecule has 4 rings (SSSR count). The molecule has 3 N–H and O–H groups in total. The van der Waals surface area contributed by atoms with Gasteiger partial charge in [0.25, 0.3) is 5.56 Å². The van der Waals surface area contributed by atoms with Gasteiger partial charge in [0.15, 0.2) is 5.82 Å². The number of carbonyl (C=O) groups is 2. The van der Waals surface area contributed by atoms with Gasteiger partial charge in [-0.05, 0) is 48.0 Å². The van der Waals surface area contributed by atoms with Crippen LogP contribution in [0.2, 0.25) is 0 Å². The minimum Gasteiger partial charge on any atom is -0.366 e. The number of benzene rings is 1. The first kappa shape index (κ1) is 20.7. The van der Waals surface area contributed by atoms with E-state index in [9.17, 15) is 19.2 Å². The van der Waals surface area contributed by atoms with Crippen LogP contribution in [0.25, 0.3) is 11.4 Å². The number of pyridine rings is 2. The number of carbonyl (C=O) groups excluding carboxylic acids is 2. The molecule has 32 heavy (non-hydrogen) atoms. The van der Waals surface area contributed by atoms with Crippen LogP contribution in [0.1, 0.15) is 15.9 Å². The van der Waals surface area contributed by atoms with Crippen LogP contribution in [0, 0.1) is 0 Å². The van der Waals surface area contributed by atoms with Crippen LogP contribution < -0.4 is 22.3 Å². The molecule has 2 amide bonds. The highest BCUT2D eigenvalue weighted by Crippen LogP contribution is 2.14. The van der Waals surface area contributed by atoms with Gasteiger partial charge in [-0.15, -0.1) is 0 Å². The van der Waals surface area contributed by atoms with Crippen LogP contribution in [-0.2, 0) is 17.9 Å². The summed E-state index contributed by atoms with van der Waals surface area (Å²) in [5.74, 6) is -0.852. The SMILES string of the molecule is NC(=O)c1ccc(NC(=O)Cn2cccc3c(=O)n(Cc4cccnc4)c(=O)nc2-3)cc1. The van der Waals surface area contributed by atoms with Gasteiger partial charge >= 0.3 is 5.69 Å². The zero-order chi connectivity index (χ0) is 22.7. The second-order valence-electron chi connectivity index (χ2n) is 7.01. The van der Waals surface area contributed by atoms with E-state index in [4.69, 9.17) is 5.73 Å². The molecule has 2 aromatic rings. The smallest absolute Gasteiger partial charge is 0.352 e. The summed E-state index contributed by atoms with van der Waals surface area (Å²) in [6.07, 6.45) is 4.74. The number of primary amides is 1. The number of hydrogen-bond donors (Lipinski definition) is 2. The van der Waals surface area contributed by atoms with Gasteiger partial charge in [-0.1, -0.05) is 6.07 Å². The fourth-order valence-corrected chi connectivity index (χ4v) is 3.23. The van der Waals surface area contributed by atoms with E-state index in [-0.39, 0.29) is 24.5 Å². The number of nitrogens with one attached hydrogen (secondary N) is 1. The van der Waals surface area contributed by atoms with Crippen LogP contribution >= 0.6 is 0 Å². The molecule has 160 valence electrons. The maximum Gasteiger partial charge on any atom is 0.352 e. The summed E-state index contributed by atoms with van der Waals surface area (Å²) in [6.45, 7) is -0.126. The third kappa shape index (κ3) is 4.29. The summed E-state index contributed by atoms with van der Waals surface area (Å²) in [6, 6.07) is 12.7. The highest BCUT2D eigenvalue weighted by molar-refractivity contribution is 5.94. The summed E-state index contributed by atoms with van der Waals surface area (Å²) in [4.78, 5) is 57.2. The van der Waals surface area contributed by atoms with Crippen molar-refractivity contribution in [2.45, 2.75) is 13.1 Å². The Morgan fingerprint density at radius 1 is 1.03 bits per heavy atom. The summed E-state index contributed by atoms with van der Waals surface area (Å²) in [5.41, 5.74) is 5.69. The first-order valence-corrected chi connectivity index (χ1v) is 9.61. The molecule has 3 heterocycles. The van der Waals surface area contributed by atoms with Crippen molar-refractivity contribution in [3.05, 3.63) is 99.1 Å². The summed E-state index contributed by atoms with van der Waals surface area (Å²) >= 11 is 0. The van der Waals surface area contributed by atoms with E-state index in [0.29, 0.717) is 16.8 Å². The van der Waals surface area contributed by atoms with Gasteiger partial charge < -0.3 is 15.6 Å². The number of aromatic nitrogens is 4. The lowest BCUT2D eigenvalue weighted by atomic mass is 10.2. The first-order chi connectivity index (χ1) is 15.4. The largest absolute Gasteiger partial charge is 0.366 e. The number of amides is 2. The van der Waals surface area contributed by atoms with E-state index in [1.165, 1.54) is 16.7 Å². The summed E-state index contributed by atoms with van der Waals surface area (Å²) in [5, 5.41) is 2.69. The van der Waals surface area contributed by atoms with Gasteiger partial charge in [-0.2, -0.15) is 4.98 Å². The molecule has 0 saturated carbocycles. The van der Waals surface area contributed by atoms with Crippen molar-refractivity contribution in [2.75, 3.05) is 5.32 Å². The van der Waals surface area contributed by atoms with Gasteiger partial charge in [-0.25, -0.2) is 4.79 Å². The second kappa shape index (κ2) is 8.64. The first-order valence-electron chi connectivity index (χ1n) is 9.61. The van der Waals surface area contributed by atoms with E-state index in [0.717, 1.165) is 4.57 Å². The number of anilines is 1. The van der Waals surface area contributed by atoms with Gasteiger partial charge in [0.2, 0.25) is 11.8 Å². The minimum absolute atomic E-state index is 0.0468. The van der Waals surface area contributed by atoms with Crippen molar-refractivity contribution < 1.29 is 9.59 Å². The predicted octanol–water partition coefficient (Wildman–Crippen LogP) is 0.691. The lowest BCUT2D eigenvalue weighted by Gasteiger charge is -2.15. The average molecular weight is 430 g/mol. The molecule has 2 aliphatic rings. The van der Waals surface area contributed by atoms with Crippen molar-refractivity contribution >= 4 is 17.5 Å². The van der Waals surface area contributed by atoms with Crippen LogP contribution in [0.15, 0.2) is 76.7 Å². The molecular formula is C22H18N6O4. The molecule has 0 unspecified atom stereocenters. The Morgan fingerprint density at radius 3 is 2.50 bits per heavy atom. The summed E-state index contributed by atoms with van der Waals surface area (Å²) < 4.78 is 2.46. The Labute approximate surface area is 181 Å². The van der Waals surface area contributed by atoms with Gasteiger partial charge in [-0.3, -0.25) is 23.9 Å². The topological polar surface area (TPSA) is 142 Å². The molecule has 0 atom stereocenters. The zero-order valence-electron chi connectivity index (χ0n) is 16.8. The molecule has 0 fully saturated rings. The summed E-state index contributed by atoms with van der Waals surface area (Å²) in [7, 11) is 0. The Balaban J connectivity index is 1.59. The number of nitrogens with zero attached hydrogens (tertiary/aromatic N) is 4. The monoisotopic (exact) mass is 430 g/mol. The zero-order valence-corrected chi connectivity index (χ0v) is 16.8. The van der Waals surface area contributed by atoms with Crippen molar-refractivity contribution in [3.63, 3.8) is 0 Å². The van der Waals surface area contributed by atoms with Gasteiger partial charge in [0.1, 0.15) is 6.54 Å². The van der Waals surface area contributed by atoms with Gasteiger partial charge in [0, 0.05) is 29.8 Å². The van der Waals surface area contributed by atoms with E-state index < -0.39 is 23.1 Å². The fourth-order valence-electron chi connectivity index (χ4n) is 3.23. The molecule has 1 aromatic carbocycles. The Hall–Kier alpha value is -4.60. The highest BCUT2D eigenvalue weighted by atomic mass is 16.2. The van der Waals surface area contributed by atoms with Crippen LogP contribution in [-0.4, -0.2) is 30.9 Å². The van der Waals surface area contributed by atoms with Crippen molar-refractivity contribution in [1.29, 1.82) is 0 Å². The molecule has 1 aromatic heterocycles. The lowest BCUT2D eigenvalue weighted by molar-refractivity contribution is -0.116. The molecule has 0 spiro atoms. The van der Waals surface area contributed by atoms with Crippen molar-refractivity contribution in [1.82, 2.24) is 19.1 Å². The molecular weight excluding hydrogens is 412 g/mol. The maximum absolute atomic E-state index is 12.9.